The number of anilines is 1. The van der Waals surface area contributed by atoms with Crippen molar-refractivity contribution < 1.29 is 9.84 Å². The van der Waals surface area contributed by atoms with Gasteiger partial charge in [0.05, 0.1) is 25.5 Å². The first-order valence-electron chi connectivity index (χ1n) is 6.30. The zero-order valence-corrected chi connectivity index (χ0v) is 10.6. The maximum atomic E-state index is 9.49. The van der Waals surface area contributed by atoms with Crippen LogP contribution in [-0.2, 0) is 17.9 Å². The van der Waals surface area contributed by atoms with Crippen molar-refractivity contribution in [3.8, 4) is 0 Å². The van der Waals surface area contributed by atoms with E-state index in [4.69, 9.17) is 10.5 Å². The van der Waals surface area contributed by atoms with Crippen molar-refractivity contribution in [3.05, 3.63) is 23.7 Å². The van der Waals surface area contributed by atoms with Crippen molar-refractivity contribution in [2.24, 2.45) is 0 Å². The molecule has 1 saturated heterocycles. The van der Waals surface area contributed by atoms with Crippen LogP contribution >= 0.6 is 0 Å². The van der Waals surface area contributed by atoms with E-state index in [1.165, 1.54) is 6.33 Å². The normalized spacial score (nSPS) is 17.1. The molecule has 0 bridgehead atoms. The highest BCUT2D eigenvalue weighted by Crippen LogP contribution is 2.20. The molecule has 2 aromatic rings. The van der Waals surface area contributed by atoms with E-state index in [9.17, 15) is 5.11 Å². The number of rotatable bonds is 3. The molecule has 0 unspecified atom stereocenters. The summed E-state index contributed by atoms with van der Waals surface area (Å²) in [5.41, 5.74) is 8.40. The molecule has 1 aliphatic heterocycles. The Hall–Kier alpha value is -1.70. The molecular formula is C12H17N5O2. The van der Waals surface area contributed by atoms with Crippen molar-refractivity contribution in [1.82, 2.24) is 19.5 Å². The van der Waals surface area contributed by atoms with Gasteiger partial charge in [-0.1, -0.05) is 0 Å². The molecule has 0 atom stereocenters. The molecule has 0 amide bonds. The number of aliphatic hydroxyl groups is 1. The SMILES string of the molecule is Nc1ncnn2c(CN3CCOCC3)c(CO)cc12. The molecule has 3 heterocycles. The Kier molecular flexibility index (Phi) is 3.33. The van der Waals surface area contributed by atoms with Gasteiger partial charge in [-0.25, -0.2) is 9.50 Å². The summed E-state index contributed by atoms with van der Waals surface area (Å²) in [6.45, 7) is 3.97. The lowest BCUT2D eigenvalue weighted by Gasteiger charge is -2.26. The zero-order valence-electron chi connectivity index (χ0n) is 10.6. The van der Waals surface area contributed by atoms with Crippen LogP contribution in [0.25, 0.3) is 5.52 Å². The van der Waals surface area contributed by atoms with E-state index in [2.05, 4.69) is 15.0 Å². The van der Waals surface area contributed by atoms with Crippen LogP contribution in [0, 0.1) is 0 Å². The number of nitrogen functional groups attached to an aromatic ring is 1. The quantitative estimate of drug-likeness (QED) is 0.786. The number of aliphatic hydroxyl groups excluding tert-OH is 1. The van der Waals surface area contributed by atoms with E-state index in [0.29, 0.717) is 5.82 Å². The van der Waals surface area contributed by atoms with Crippen molar-refractivity contribution in [2.75, 3.05) is 32.0 Å². The highest BCUT2D eigenvalue weighted by molar-refractivity contribution is 5.67. The fourth-order valence-electron chi connectivity index (χ4n) is 2.39. The van der Waals surface area contributed by atoms with Crippen LogP contribution in [-0.4, -0.2) is 50.9 Å². The molecule has 19 heavy (non-hydrogen) atoms. The van der Waals surface area contributed by atoms with Gasteiger partial charge in [-0.05, 0) is 6.07 Å². The van der Waals surface area contributed by atoms with Gasteiger partial charge in [0.25, 0.3) is 0 Å². The van der Waals surface area contributed by atoms with Crippen LogP contribution in [0.3, 0.4) is 0 Å². The van der Waals surface area contributed by atoms with Crippen molar-refractivity contribution >= 4 is 11.3 Å². The van der Waals surface area contributed by atoms with E-state index >= 15 is 0 Å². The van der Waals surface area contributed by atoms with Gasteiger partial charge < -0.3 is 15.6 Å². The Labute approximate surface area is 110 Å². The highest BCUT2D eigenvalue weighted by atomic mass is 16.5. The number of hydrogen-bond donors (Lipinski definition) is 2. The molecule has 0 radical (unpaired) electrons. The summed E-state index contributed by atoms with van der Waals surface area (Å²) in [6, 6.07) is 1.85. The number of nitrogens with two attached hydrogens (primary N) is 1. The maximum absolute atomic E-state index is 9.49. The smallest absolute Gasteiger partial charge is 0.151 e. The molecule has 0 spiro atoms. The minimum Gasteiger partial charge on any atom is -0.392 e. The predicted molar refractivity (Wildman–Crippen MR) is 69.4 cm³/mol. The van der Waals surface area contributed by atoms with E-state index in [1.807, 2.05) is 6.07 Å². The molecule has 1 aliphatic rings. The third-order valence-electron chi connectivity index (χ3n) is 3.44. The van der Waals surface area contributed by atoms with E-state index in [1.54, 1.807) is 4.52 Å². The average molecular weight is 263 g/mol. The van der Waals surface area contributed by atoms with Gasteiger partial charge in [0.1, 0.15) is 11.8 Å². The second-order valence-corrected chi connectivity index (χ2v) is 4.61. The van der Waals surface area contributed by atoms with Crippen LogP contribution < -0.4 is 5.73 Å². The summed E-state index contributed by atoms with van der Waals surface area (Å²) in [6.07, 6.45) is 1.44. The fraction of sp³-hybridized carbons (Fsp3) is 0.500. The van der Waals surface area contributed by atoms with Gasteiger partial charge in [-0.15, -0.1) is 0 Å². The lowest BCUT2D eigenvalue weighted by molar-refractivity contribution is 0.0331. The number of aromatic nitrogens is 3. The minimum absolute atomic E-state index is 0.0253. The largest absolute Gasteiger partial charge is 0.392 e. The molecule has 7 heteroatoms. The Balaban J connectivity index is 1.98. The number of morpholine rings is 1. The molecule has 7 nitrogen and oxygen atoms in total. The Morgan fingerprint density at radius 1 is 1.37 bits per heavy atom. The second kappa shape index (κ2) is 5.12. The number of nitrogens with zero attached hydrogens (tertiary/aromatic N) is 4. The van der Waals surface area contributed by atoms with Crippen LogP contribution in [0.2, 0.25) is 0 Å². The Morgan fingerprint density at radius 2 is 2.16 bits per heavy atom. The predicted octanol–water partition coefficient (Wildman–Crippen LogP) is -0.364. The summed E-state index contributed by atoms with van der Waals surface area (Å²) in [7, 11) is 0. The topological polar surface area (TPSA) is 88.9 Å². The summed E-state index contributed by atoms with van der Waals surface area (Å²) in [5.74, 6) is 0.429. The van der Waals surface area contributed by atoms with Gasteiger partial charge in [0.2, 0.25) is 0 Å². The molecule has 2 aromatic heterocycles. The molecule has 0 aromatic carbocycles. The first kappa shape index (κ1) is 12.3. The Bertz CT molecular complexity index is 577. The molecule has 0 aliphatic carbocycles. The van der Waals surface area contributed by atoms with E-state index in [-0.39, 0.29) is 6.61 Å². The first-order valence-corrected chi connectivity index (χ1v) is 6.30. The number of hydrogen-bond acceptors (Lipinski definition) is 6. The molecule has 1 fully saturated rings. The zero-order chi connectivity index (χ0) is 13.2. The summed E-state index contributed by atoms with van der Waals surface area (Å²) >= 11 is 0. The van der Waals surface area contributed by atoms with Crippen molar-refractivity contribution in [3.63, 3.8) is 0 Å². The lowest BCUT2D eigenvalue weighted by atomic mass is 10.2. The Morgan fingerprint density at radius 3 is 2.89 bits per heavy atom. The third kappa shape index (κ3) is 2.27. The van der Waals surface area contributed by atoms with E-state index < -0.39 is 0 Å². The van der Waals surface area contributed by atoms with Crippen LogP contribution in [0.1, 0.15) is 11.3 Å². The van der Waals surface area contributed by atoms with Crippen molar-refractivity contribution in [1.29, 1.82) is 0 Å². The molecule has 3 rings (SSSR count). The van der Waals surface area contributed by atoms with Gasteiger partial charge in [0.15, 0.2) is 5.82 Å². The standard InChI is InChI=1S/C12H17N5O2/c13-12-10-5-9(7-18)11(17(10)15-8-14-12)6-16-1-3-19-4-2-16/h5,8,18H,1-4,6-7H2,(H2,13,14,15). The lowest BCUT2D eigenvalue weighted by Crippen LogP contribution is -2.36. The van der Waals surface area contributed by atoms with Crippen LogP contribution in [0.5, 0.6) is 0 Å². The second-order valence-electron chi connectivity index (χ2n) is 4.61. The summed E-state index contributed by atoms with van der Waals surface area (Å²) < 4.78 is 7.11. The summed E-state index contributed by atoms with van der Waals surface area (Å²) in [5, 5.41) is 13.7. The molecule has 3 N–H and O–H groups in total. The molecule has 102 valence electrons. The first-order chi connectivity index (χ1) is 9.29. The molecule has 0 saturated carbocycles. The third-order valence-corrected chi connectivity index (χ3v) is 3.44. The van der Waals surface area contributed by atoms with Gasteiger partial charge in [0, 0.05) is 25.2 Å². The monoisotopic (exact) mass is 263 g/mol. The van der Waals surface area contributed by atoms with Crippen LogP contribution in [0.15, 0.2) is 12.4 Å². The number of ether oxygens (including phenoxy) is 1. The summed E-state index contributed by atoms with van der Waals surface area (Å²) in [4.78, 5) is 6.25. The maximum Gasteiger partial charge on any atom is 0.151 e. The van der Waals surface area contributed by atoms with Crippen LogP contribution in [0.4, 0.5) is 5.82 Å². The molecular weight excluding hydrogens is 246 g/mol. The van der Waals surface area contributed by atoms with Crippen molar-refractivity contribution in [2.45, 2.75) is 13.2 Å². The van der Waals surface area contributed by atoms with Gasteiger partial charge >= 0.3 is 0 Å². The van der Waals surface area contributed by atoms with E-state index in [0.717, 1.165) is 49.6 Å². The average Bonchev–Trinajstić information content (AvgIpc) is 2.80. The van der Waals surface area contributed by atoms with Gasteiger partial charge in [-0.3, -0.25) is 4.90 Å². The van der Waals surface area contributed by atoms with Gasteiger partial charge in [-0.2, -0.15) is 5.10 Å². The fourth-order valence-corrected chi connectivity index (χ4v) is 2.39. The minimum atomic E-state index is -0.0253. The number of fused-ring (bicyclic) bond motifs is 1. The highest BCUT2D eigenvalue weighted by Gasteiger charge is 2.17.